The van der Waals surface area contributed by atoms with E-state index in [0.29, 0.717) is 24.6 Å². The van der Waals surface area contributed by atoms with Gasteiger partial charge in [-0.15, -0.1) is 0 Å². The van der Waals surface area contributed by atoms with Crippen molar-refractivity contribution in [3.05, 3.63) is 34.9 Å². The van der Waals surface area contributed by atoms with Crippen LogP contribution < -0.4 is 0 Å². The van der Waals surface area contributed by atoms with Crippen molar-refractivity contribution in [2.24, 2.45) is 5.92 Å². The van der Waals surface area contributed by atoms with Gasteiger partial charge in [-0.2, -0.15) is 0 Å². The van der Waals surface area contributed by atoms with Crippen LogP contribution in [0.2, 0.25) is 0 Å². The second-order valence-electron chi connectivity index (χ2n) is 4.94. The fraction of sp³-hybridized carbons (Fsp3) is 0.500. The molecule has 1 unspecified atom stereocenters. The number of carbonyl (C=O) groups excluding carboxylic acids is 1. The molecule has 1 aliphatic rings. The van der Waals surface area contributed by atoms with Crippen LogP contribution in [0, 0.1) is 24.5 Å². The third kappa shape index (κ3) is 2.96. The quantitative estimate of drug-likeness (QED) is 0.776. The van der Waals surface area contributed by atoms with Gasteiger partial charge < -0.3 is 4.90 Å². The summed E-state index contributed by atoms with van der Waals surface area (Å²) in [5, 5.41) is 0.882. The van der Waals surface area contributed by atoms with Gasteiger partial charge in [0.05, 0.1) is 0 Å². The molecule has 0 aliphatic carbocycles. The van der Waals surface area contributed by atoms with E-state index in [4.69, 9.17) is 0 Å². The van der Waals surface area contributed by atoms with Gasteiger partial charge in [-0.1, -0.05) is 22.0 Å². The van der Waals surface area contributed by atoms with Gasteiger partial charge in [0.1, 0.15) is 17.2 Å². The van der Waals surface area contributed by atoms with Crippen LogP contribution in [0.1, 0.15) is 28.8 Å². The zero-order valence-corrected chi connectivity index (χ0v) is 12.3. The molecule has 0 saturated carbocycles. The van der Waals surface area contributed by atoms with E-state index in [2.05, 4.69) is 15.9 Å². The van der Waals surface area contributed by atoms with Crippen LogP contribution >= 0.6 is 15.9 Å². The first-order chi connectivity index (χ1) is 9.04. The number of aryl methyl sites for hydroxylation is 1. The summed E-state index contributed by atoms with van der Waals surface area (Å²) in [6, 6.07) is 2.50. The Morgan fingerprint density at radius 3 is 2.89 bits per heavy atom. The lowest BCUT2D eigenvalue weighted by atomic mass is 10.1. The number of alkyl halides is 1. The summed E-state index contributed by atoms with van der Waals surface area (Å²) in [6.45, 7) is 2.68. The normalized spacial score (nSPS) is 18.9. The number of benzene rings is 1. The molecule has 1 heterocycles. The van der Waals surface area contributed by atoms with Gasteiger partial charge in [0.15, 0.2) is 0 Å². The Kier molecular flexibility index (Phi) is 4.55. The van der Waals surface area contributed by atoms with E-state index >= 15 is 0 Å². The number of carbonyl (C=O) groups is 1. The van der Waals surface area contributed by atoms with E-state index in [1.165, 1.54) is 13.0 Å². The van der Waals surface area contributed by atoms with Crippen molar-refractivity contribution >= 4 is 21.8 Å². The average Bonchev–Trinajstić information content (AvgIpc) is 2.83. The summed E-state index contributed by atoms with van der Waals surface area (Å²) < 4.78 is 27.6. The van der Waals surface area contributed by atoms with Gasteiger partial charge in [-0.25, -0.2) is 8.78 Å². The molecular formula is C14H16BrF2NO. The van der Waals surface area contributed by atoms with Gasteiger partial charge >= 0.3 is 0 Å². The van der Waals surface area contributed by atoms with Crippen LogP contribution in [0.3, 0.4) is 0 Å². The summed E-state index contributed by atoms with van der Waals surface area (Å²) in [7, 11) is 0. The third-order valence-corrected chi connectivity index (χ3v) is 4.05. The molecule has 1 saturated heterocycles. The number of likely N-dealkylation sites (tertiary alicyclic amines) is 1. The van der Waals surface area contributed by atoms with Crippen LogP contribution in [0.15, 0.2) is 12.1 Å². The Morgan fingerprint density at radius 2 is 2.21 bits per heavy atom. The standard InChI is InChI=1S/C14H16BrF2NO/c1-9-2-3-11(16)12(13(9)17)14(19)18-7-5-10(8-18)4-6-15/h2-3,10H,4-8H2,1H3. The summed E-state index contributed by atoms with van der Waals surface area (Å²) in [5.41, 5.74) is -0.125. The highest BCUT2D eigenvalue weighted by molar-refractivity contribution is 9.09. The number of amides is 1. The van der Waals surface area contributed by atoms with Gasteiger partial charge in [-0.3, -0.25) is 4.79 Å². The van der Waals surface area contributed by atoms with Crippen LogP contribution in [0.5, 0.6) is 0 Å². The molecule has 1 aliphatic heterocycles. The van der Waals surface area contributed by atoms with Crippen molar-refractivity contribution in [3.8, 4) is 0 Å². The minimum absolute atomic E-state index is 0.293. The number of hydrogen-bond donors (Lipinski definition) is 0. The molecule has 19 heavy (non-hydrogen) atoms. The number of nitrogens with zero attached hydrogens (tertiary/aromatic N) is 1. The molecule has 2 nitrogen and oxygen atoms in total. The molecule has 0 aromatic heterocycles. The average molecular weight is 332 g/mol. The van der Waals surface area contributed by atoms with Gasteiger partial charge in [0.2, 0.25) is 0 Å². The van der Waals surface area contributed by atoms with Crippen molar-refractivity contribution in [1.82, 2.24) is 4.90 Å². The molecule has 1 amide bonds. The molecule has 1 aromatic carbocycles. The Bertz CT molecular complexity index is 493. The summed E-state index contributed by atoms with van der Waals surface area (Å²) in [5.74, 6) is -1.64. The van der Waals surface area contributed by atoms with Crippen molar-refractivity contribution in [2.75, 3.05) is 18.4 Å². The molecule has 1 fully saturated rings. The maximum Gasteiger partial charge on any atom is 0.259 e. The largest absolute Gasteiger partial charge is 0.338 e. The molecule has 0 spiro atoms. The lowest BCUT2D eigenvalue weighted by Crippen LogP contribution is -2.30. The van der Waals surface area contributed by atoms with Crippen LogP contribution in [-0.4, -0.2) is 29.2 Å². The van der Waals surface area contributed by atoms with Crippen molar-refractivity contribution in [1.29, 1.82) is 0 Å². The van der Waals surface area contributed by atoms with Crippen molar-refractivity contribution in [2.45, 2.75) is 19.8 Å². The minimum Gasteiger partial charge on any atom is -0.338 e. The van der Waals surface area contributed by atoms with Crippen LogP contribution in [-0.2, 0) is 0 Å². The molecule has 1 aromatic rings. The first-order valence-electron chi connectivity index (χ1n) is 6.34. The fourth-order valence-electron chi connectivity index (χ4n) is 2.42. The topological polar surface area (TPSA) is 20.3 Å². The minimum atomic E-state index is -0.781. The van der Waals surface area contributed by atoms with E-state index in [-0.39, 0.29) is 0 Å². The SMILES string of the molecule is Cc1ccc(F)c(C(=O)N2CCC(CCBr)C2)c1F. The monoisotopic (exact) mass is 331 g/mol. The van der Waals surface area contributed by atoms with Gasteiger partial charge in [0, 0.05) is 18.4 Å². The molecule has 5 heteroatoms. The van der Waals surface area contributed by atoms with Crippen molar-refractivity contribution in [3.63, 3.8) is 0 Å². The van der Waals surface area contributed by atoms with Crippen LogP contribution in [0.4, 0.5) is 8.78 Å². The zero-order valence-electron chi connectivity index (χ0n) is 10.8. The zero-order chi connectivity index (χ0) is 14.0. The van der Waals surface area contributed by atoms with E-state index in [1.807, 2.05) is 0 Å². The summed E-state index contributed by atoms with van der Waals surface area (Å²) in [6.07, 6.45) is 1.87. The highest BCUT2D eigenvalue weighted by atomic mass is 79.9. The van der Waals surface area contributed by atoms with E-state index < -0.39 is 23.1 Å². The highest BCUT2D eigenvalue weighted by Gasteiger charge is 2.30. The molecule has 0 N–H and O–H groups in total. The number of hydrogen-bond acceptors (Lipinski definition) is 1. The predicted molar refractivity (Wildman–Crippen MR) is 73.5 cm³/mol. The molecule has 0 bridgehead atoms. The number of halogens is 3. The second-order valence-corrected chi connectivity index (χ2v) is 5.73. The second kappa shape index (κ2) is 5.99. The maximum absolute atomic E-state index is 13.9. The maximum atomic E-state index is 13.9. The Labute approximate surface area is 119 Å². The molecule has 104 valence electrons. The number of rotatable bonds is 3. The lowest BCUT2D eigenvalue weighted by molar-refractivity contribution is 0.0777. The molecule has 0 radical (unpaired) electrons. The van der Waals surface area contributed by atoms with Gasteiger partial charge in [-0.05, 0) is 37.3 Å². The Hall–Kier alpha value is -0.970. The molecular weight excluding hydrogens is 316 g/mol. The highest BCUT2D eigenvalue weighted by Crippen LogP contribution is 2.24. The van der Waals surface area contributed by atoms with E-state index in [1.54, 1.807) is 4.90 Å². The van der Waals surface area contributed by atoms with Crippen LogP contribution in [0.25, 0.3) is 0 Å². The summed E-state index contributed by atoms with van der Waals surface area (Å²) in [4.78, 5) is 13.8. The smallest absolute Gasteiger partial charge is 0.259 e. The fourth-order valence-corrected chi connectivity index (χ4v) is 3.07. The predicted octanol–water partition coefficient (Wildman–Crippen LogP) is 3.52. The van der Waals surface area contributed by atoms with E-state index in [0.717, 1.165) is 24.2 Å². The van der Waals surface area contributed by atoms with Crippen molar-refractivity contribution < 1.29 is 13.6 Å². The van der Waals surface area contributed by atoms with Gasteiger partial charge in [0.25, 0.3) is 5.91 Å². The lowest BCUT2D eigenvalue weighted by Gasteiger charge is -2.17. The molecule has 2 rings (SSSR count). The molecule has 1 atom stereocenters. The summed E-state index contributed by atoms with van der Waals surface area (Å²) >= 11 is 3.37. The van der Waals surface area contributed by atoms with E-state index in [9.17, 15) is 13.6 Å². The first kappa shape index (κ1) is 14.4. The Balaban J connectivity index is 2.19. The third-order valence-electron chi connectivity index (χ3n) is 3.59. The first-order valence-corrected chi connectivity index (χ1v) is 7.46. The Morgan fingerprint density at radius 1 is 1.47 bits per heavy atom.